The van der Waals surface area contributed by atoms with Gasteiger partial charge in [0.05, 0.1) is 11.4 Å². The number of pyridine rings is 1. The lowest BCUT2D eigenvalue weighted by Gasteiger charge is -2.18. The lowest BCUT2D eigenvalue weighted by atomic mass is 9.91. The molecule has 0 radical (unpaired) electrons. The van der Waals surface area contributed by atoms with Crippen molar-refractivity contribution in [2.75, 3.05) is 0 Å². The number of ether oxygens (including phenoxy) is 1. The summed E-state index contributed by atoms with van der Waals surface area (Å²) in [5.74, 6) is 0.753. The highest BCUT2D eigenvalue weighted by molar-refractivity contribution is 6.30. The fourth-order valence-corrected chi connectivity index (χ4v) is 3.55. The molecule has 0 spiro atoms. The third-order valence-electron chi connectivity index (χ3n) is 4.43. The molecule has 122 valence electrons. The van der Waals surface area contributed by atoms with Gasteiger partial charge >= 0.3 is 0 Å². The van der Waals surface area contributed by atoms with Crippen LogP contribution in [0.5, 0.6) is 5.75 Å². The van der Waals surface area contributed by atoms with E-state index in [-0.39, 0.29) is 6.10 Å². The minimum Gasteiger partial charge on any atom is -0.484 e. The van der Waals surface area contributed by atoms with Crippen molar-refractivity contribution < 1.29 is 4.74 Å². The van der Waals surface area contributed by atoms with Crippen molar-refractivity contribution in [1.82, 2.24) is 14.8 Å². The zero-order valence-electron chi connectivity index (χ0n) is 13.7. The van der Waals surface area contributed by atoms with E-state index in [9.17, 15) is 0 Å². The highest BCUT2D eigenvalue weighted by Crippen LogP contribution is 2.36. The first kappa shape index (κ1) is 15.2. The number of hydrogen-bond donors (Lipinski definition) is 0. The first-order valence-corrected chi connectivity index (χ1v) is 8.43. The van der Waals surface area contributed by atoms with Crippen molar-refractivity contribution in [2.45, 2.75) is 25.9 Å². The zero-order valence-corrected chi connectivity index (χ0v) is 14.4. The zero-order chi connectivity index (χ0) is 16.7. The van der Waals surface area contributed by atoms with E-state index in [1.54, 1.807) is 0 Å². The molecule has 0 aliphatic heterocycles. The number of hydrogen-bond acceptors (Lipinski definition) is 3. The van der Waals surface area contributed by atoms with Gasteiger partial charge in [-0.05, 0) is 49.6 Å². The number of halogens is 1. The number of nitrogens with zero attached hydrogens (tertiary/aromatic N) is 3. The molecule has 1 unspecified atom stereocenters. The van der Waals surface area contributed by atoms with Crippen LogP contribution in [-0.4, -0.2) is 14.8 Å². The van der Waals surface area contributed by atoms with Crippen LogP contribution in [0.15, 0.2) is 42.6 Å². The first-order chi connectivity index (χ1) is 11.6. The van der Waals surface area contributed by atoms with E-state index in [1.165, 1.54) is 11.1 Å². The molecular weight excluding hydrogens is 322 g/mol. The Morgan fingerprint density at radius 3 is 2.92 bits per heavy atom. The highest BCUT2D eigenvalue weighted by Gasteiger charge is 2.27. The smallest absolute Gasteiger partial charge is 0.140 e. The molecule has 3 aromatic rings. The number of fused-ring (bicyclic) bond motifs is 3. The van der Waals surface area contributed by atoms with Crippen LogP contribution in [0.25, 0.3) is 11.4 Å². The molecule has 5 heteroatoms. The molecule has 0 saturated heterocycles. The molecule has 24 heavy (non-hydrogen) atoms. The molecule has 4 rings (SSSR count). The van der Waals surface area contributed by atoms with Gasteiger partial charge < -0.3 is 4.74 Å². The lowest BCUT2D eigenvalue weighted by Crippen LogP contribution is -2.10. The van der Waals surface area contributed by atoms with Gasteiger partial charge in [0, 0.05) is 23.8 Å². The first-order valence-electron chi connectivity index (χ1n) is 8.05. The van der Waals surface area contributed by atoms with Crippen LogP contribution < -0.4 is 4.74 Å². The van der Waals surface area contributed by atoms with Crippen molar-refractivity contribution in [3.05, 3.63) is 64.4 Å². The average molecular weight is 340 g/mol. The molecular formula is C19H18ClN3O. The molecule has 2 heterocycles. The third-order valence-corrected chi connectivity index (χ3v) is 4.67. The fraction of sp³-hybridized carbons (Fsp3) is 0.263. The lowest BCUT2D eigenvalue weighted by molar-refractivity contribution is 0.220. The Hall–Kier alpha value is -2.33. The van der Waals surface area contributed by atoms with Gasteiger partial charge in [-0.2, -0.15) is 5.10 Å². The average Bonchev–Trinajstić information content (AvgIpc) is 2.92. The maximum absolute atomic E-state index is 6.07. The van der Waals surface area contributed by atoms with Gasteiger partial charge in [-0.3, -0.25) is 9.67 Å². The van der Waals surface area contributed by atoms with Crippen LogP contribution in [0.1, 0.15) is 29.8 Å². The van der Waals surface area contributed by atoms with Gasteiger partial charge in [0.1, 0.15) is 17.5 Å². The van der Waals surface area contributed by atoms with Crippen LogP contribution in [0.4, 0.5) is 0 Å². The number of rotatable bonds is 3. The summed E-state index contributed by atoms with van der Waals surface area (Å²) in [6, 6.07) is 11.6. The predicted octanol–water partition coefficient (Wildman–Crippen LogP) is 4.37. The Morgan fingerprint density at radius 2 is 2.08 bits per heavy atom. The van der Waals surface area contributed by atoms with Crippen molar-refractivity contribution >= 4 is 11.6 Å². The number of aromatic nitrogens is 3. The van der Waals surface area contributed by atoms with Gasteiger partial charge in [-0.25, -0.2) is 0 Å². The number of aryl methyl sites for hydroxylation is 2. The number of benzene rings is 1. The Labute approximate surface area is 146 Å². The maximum atomic E-state index is 6.07. The normalized spacial score (nSPS) is 14.0. The molecule has 1 atom stereocenters. The largest absolute Gasteiger partial charge is 0.484 e. The summed E-state index contributed by atoms with van der Waals surface area (Å²) in [4.78, 5) is 4.57. The monoisotopic (exact) mass is 339 g/mol. The molecule has 2 aromatic heterocycles. The Bertz CT molecular complexity index is 903. The maximum Gasteiger partial charge on any atom is 0.140 e. The van der Waals surface area contributed by atoms with Crippen LogP contribution in [0, 0.1) is 0 Å². The standard InChI is InChI=1S/C19H18ClN3O/c1-12(24-15-7-3-6-14(20)11-15)17-16-9-8-13-5-4-10-21-18(13)19(16)23(2)22-17/h3-7,10-12H,8-9H2,1-2H3. The molecule has 0 saturated carbocycles. The molecule has 0 fully saturated rings. The quantitative estimate of drug-likeness (QED) is 0.711. The summed E-state index contributed by atoms with van der Waals surface area (Å²) in [5.41, 5.74) is 5.63. The van der Waals surface area contributed by atoms with Crippen LogP contribution in [-0.2, 0) is 19.9 Å². The van der Waals surface area contributed by atoms with Crippen LogP contribution in [0.3, 0.4) is 0 Å². The van der Waals surface area contributed by atoms with Gasteiger partial charge in [-0.1, -0.05) is 23.7 Å². The van der Waals surface area contributed by atoms with E-state index in [4.69, 9.17) is 21.4 Å². The van der Waals surface area contributed by atoms with E-state index < -0.39 is 0 Å². The van der Waals surface area contributed by atoms with E-state index in [1.807, 2.05) is 55.2 Å². The Balaban J connectivity index is 1.71. The molecule has 0 bridgehead atoms. The predicted molar refractivity (Wildman–Crippen MR) is 94.3 cm³/mol. The van der Waals surface area contributed by atoms with Crippen molar-refractivity contribution in [3.8, 4) is 17.1 Å². The van der Waals surface area contributed by atoms with Crippen LogP contribution in [0.2, 0.25) is 5.02 Å². The fourth-order valence-electron chi connectivity index (χ4n) is 3.37. The topological polar surface area (TPSA) is 39.9 Å². The summed E-state index contributed by atoms with van der Waals surface area (Å²) in [5, 5.41) is 5.40. The van der Waals surface area contributed by atoms with Gasteiger partial charge in [-0.15, -0.1) is 0 Å². The van der Waals surface area contributed by atoms with E-state index in [0.29, 0.717) is 5.02 Å². The van der Waals surface area contributed by atoms with Crippen LogP contribution >= 0.6 is 11.6 Å². The summed E-state index contributed by atoms with van der Waals surface area (Å²) < 4.78 is 7.99. The van der Waals surface area contributed by atoms with E-state index in [0.717, 1.165) is 35.7 Å². The molecule has 0 amide bonds. The van der Waals surface area contributed by atoms with Gasteiger partial charge in [0.2, 0.25) is 0 Å². The third kappa shape index (κ3) is 2.57. The van der Waals surface area contributed by atoms with Crippen molar-refractivity contribution in [1.29, 1.82) is 0 Å². The second kappa shape index (κ2) is 5.95. The van der Waals surface area contributed by atoms with E-state index >= 15 is 0 Å². The van der Waals surface area contributed by atoms with Crippen molar-refractivity contribution in [3.63, 3.8) is 0 Å². The minimum absolute atomic E-state index is 0.149. The molecule has 1 aromatic carbocycles. The summed E-state index contributed by atoms with van der Waals surface area (Å²) in [7, 11) is 1.97. The molecule has 1 aliphatic rings. The molecule has 1 aliphatic carbocycles. The molecule has 4 nitrogen and oxygen atoms in total. The summed E-state index contributed by atoms with van der Waals surface area (Å²) in [6.07, 6.45) is 3.63. The van der Waals surface area contributed by atoms with Crippen molar-refractivity contribution in [2.24, 2.45) is 7.05 Å². The van der Waals surface area contributed by atoms with Gasteiger partial charge in [0.15, 0.2) is 0 Å². The second-order valence-corrected chi connectivity index (χ2v) is 6.50. The minimum atomic E-state index is -0.149. The summed E-state index contributed by atoms with van der Waals surface area (Å²) >= 11 is 6.04. The highest BCUT2D eigenvalue weighted by atomic mass is 35.5. The Morgan fingerprint density at radius 1 is 1.21 bits per heavy atom. The SMILES string of the molecule is CC(Oc1cccc(Cl)c1)c1nn(C)c2c1CCc1cccnc1-2. The van der Waals surface area contributed by atoms with Gasteiger partial charge in [0.25, 0.3) is 0 Å². The van der Waals surface area contributed by atoms with E-state index in [2.05, 4.69) is 11.1 Å². The molecule has 0 N–H and O–H groups in total. The Kier molecular flexibility index (Phi) is 3.77. The second-order valence-electron chi connectivity index (χ2n) is 6.06. The summed E-state index contributed by atoms with van der Waals surface area (Å²) in [6.45, 7) is 2.03.